The highest BCUT2D eigenvalue weighted by molar-refractivity contribution is 5.68. The Morgan fingerprint density at radius 3 is 3.18 bits per heavy atom. The van der Waals surface area contributed by atoms with Crippen molar-refractivity contribution in [2.24, 2.45) is 0 Å². The monoisotopic (exact) mass is 153 g/mol. The van der Waals surface area contributed by atoms with Crippen molar-refractivity contribution < 1.29 is 9.53 Å². The minimum Gasteiger partial charge on any atom is -0.465 e. The lowest BCUT2D eigenvalue weighted by Crippen LogP contribution is -2.13. The first-order valence-electron chi connectivity index (χ1n) is 3.38. The Morgan fingerprint density at radius 1 is 1.82 bits per heavy atom. The molecular weight excluding hydrogens is 144 g/mol. The second-order valence-electron chi connectivity index (χ2n) is 1.95. The van der Waals surface area contributed by atoms with Crippen LogP contribution in [0.25, 0.3) is 0 Å². The molecule has 4 heteroatoms. The quantitative estimate of drug-likeness (QED) is 0.584. The molecule has 1 aromatic heterocycles. The van der Waals surface area contributed by atoms with E-state index < -0.39 is 0 Å². The molecule has 1 heterocycles. The summed E-state index contributed by atoms with van der Waals surface area (Å²) in [6.07, 6.45) is 4.25. The van der Waals surface area contributed by atoms with Gasteiger partial charge in [-0.2, -0.15) is 5.10 Å². The number of esters is 1. The molecule has 0 aliphatic carbocycles. The van der Waals surface area contributed by atoms with Crippen molar-refractivity contribution in [2.75, 3.05) is 6.61 Å². The van der Waals surface area contributed by atoms with Gasteiger partial charge in [-0.05, 0) is 13.0 Å². The molecule has 0 saturated carbocycles. The second-order valence-corrected chi connectivity index (χ2v) is 1.95. The van der Waals surface area contributed by atoms with Gasteiger partial charge in [0.05, 0.1) is 6.61 Å². The van der Waals surface area contributed by atoms with Gasteiger partial charge >= 0.3 is 5.97 Å². The number of nitrogens with zero attached hydrogens (tertiary/aromatic N) is 2. The third-order valence-electron chi connectivity index (χ3n) is 1.10. The van der Waals surface area contributed by atoms with Gasteiger partial charge in [-0.3, -0.25) is 9.48 Å². The van der Waals surface area contributed by atoms with Crippen molar-refractivity contribution in [1.29, 1.82) is 0 Å². The molecule has 1 radical (unpaired) electrons. The van der Waals surface area contributed by atoms with E-state index in [1.54, 1.807) is 19.2 Å². The van der Waals surface area contributed by atoms with Crippen molar-refractivity contribution in [3.05, 3.63) is 18.5 Å². The molecular formula is C7H9N2O2. The molecule has 0 amide bonds. The molecule has 0 aromatic carbocycles. The van der Waals surface area contributed by atoms with Crippen LogP contribution in [0.15, 0.2) is 12.3 Å². The first-order valence-corrected chi connectivity index (χ1v) is 3.38. The average molecular weight is 153 g/mol. The Hall–Kier alpha value is -1.32. The molecule has 0 unspecified atom stereocenters. The third-order valence-corrected chi connectivity index (χ3v) is 1.10. The molecule has 59 valence electrons. The Labute approximate surface area is 64.8 Å². The fourth-order valence-electron chi connectivity index (χ4n) is 0.687. The summed E-state index contributed by atoms with van der Waals surface area (Å²) in [4.78, 5) is 10.8. The fourth-order valence-corrected chi connectivity index (χ4v) is 0.687. The summed E-state index contributed by atoms with van der Waals surface area (Å²) in [6, 6.07) is 1.64. The molecule has 0 spiro atoms. The second kappa shape index (κ2) is 3.75. The van der Waals surface area contributed by atoms with Crippen molar-refractivity contribution in [3.63, 3.8) is 0 Å². The summed E-state index contributed by atoms with van der Waals surface area (Å²) in [5.74, 6) is -0.274. The molecule has 0 aliphatic rings. The van der Waals surface area contributed by atoms with Crippen molar-refractivity contribution in [2.45, 2.75) is 13.5 Å². The predicted octanol–water partition coefficient (Wildman–Crippen LogP) is 0.246. The van der Waals surface area contributed by atoms with E-state index in [0.29, 0.717) is 6.61 Å². The standard InChI is InChI=1S/C7H9N2O2/c1-2-11-7(10)6-9-5-3-4-8-9/h3,5H,2,6H2,1H3. The number of hydrogen-bond acceptors (Lipinski definition) is 3. The van der Waals surface area contributed by atoms with Crippen LogP contribution in [0.3, 0.4) is 0 Å². The van der Waals surface area contributed by atoms with Crippen molar-refractivity contribution in [1.82, 2.24) is 9.78 Å². The van der Waals surface area contributed by atoms with E-state index >= 15 is 0 Å². The van der Waals surface area contributed by atoms with Crippen LogP contribution in [0.1, 0.15) is 6.92 Å². The Bertz CT molecular complexity index is 218. The largest absolute Gasteiger partial charge is 0.465 e. The zero-order valence-electron chi connectivity index (χ0n) is 6.28. The lowest BCUT2D eigenvalue weighted by molar-refractivity contribution is -0.144. The fraction of sp³-hybridized carbons (Fsp3) is 0.429. The molecule has 0 saturated heterocycles. The first-order chi connectivity index (χ1) is 5.33. The van der Waals surface area contributed by atoms with Crippen LogP contribution in [0, 0.1) is 6.20 Å². The van der Waals surface area contributed by atoms with Crippen molar-refractivity contribution >= 4 is 5.97 Å². The maximum absolute atomic E-state index is 10.8. The summed E-state index contributed by atoms with van der Waals surface area (Å²) < 4.78 is 6.17. The number of rotatable bonds is 3. The number of ether oxygens (including phenoxy) is 1. The summed E-state index contributed by atoms with van der Waals surface area (Å²) in [5.41, 5.74) is 0. The molecule has 0 N–H and O–H groups in total. The maximum atomic E-state index is 10.8. The van der Waals surface area contributed by atoms with Gasteiger partial charge in [-0.25, -0.2) is 0 Å². The van der Waals surface area contributed by atoms with E-state index in [2.05, 4.69) is 11.3 Å². The molecule has 1 aromatic rings. The topological polar surface area (TPSA) is 44.1 Å². The smallest absolute Gasteiger partial charge is 0.327 e. The van der Waals surface area contributed by atoms with Crippen LogP contribution in [0.2, 0.25) is 0 Å². The maximum Gasteiger partial charge on any atom is 0.327 e. The van der Waals surface area contributed by atoms with E-state index in [-0.39, 0.29) is 12.5 Å². The normalized spacial score (nSPS) is 9.55. The Balaban J connectivity index is 2.37. The van der Waals surface area contributed by atoms with Crippen LogP contribution >= 0.6 is 0 Å². The number of aromatic nitrogens is 2. The zero-order chi connectivity index (χ0) is 8.10. The molecule has 1 rings (SSSR count). The van der Waals surface area contributed by atoms with E-state index in [1.807, 2.05) is 0 Å². The van der Waals surface area contributed by atoms with Gasteiger partial charge in [0, 0.05) is 6.20 Å². The molecule has 11 heavy (non-hydrogen) atoms. The molecule has 0 bridgehead atoms. The van der Waals surface area contributed by atoms with Gasteiger partial charge in [0.25, 0.3) is 0 Å². The highest BCUT2D eigenvalue weighted by Crippen LogP contribution is 1.86. The van der Waals surface area contributed by atoms with Gasteiger partial charge in [0.1, 0.15) is 12.7 Å². The highest BCUT2D eigenvalue weighted by Gasteiger charge is 2.01. The Morgan fingerprint density at radius 2 is 2.64 bits per heavy atom. The summed E-state index contributed by atoms with van der Waals surface area (Å²) in [6.45, 7) is 2.34. The SMILES string of the molecule is CCOC(=O)Cn1cc[c]n1. The lowest BCUT2D eigenvalue weighted by atomic mass is 10.6. The minimum absolute atomic E-state index is 0.164. The third kappa shape index (κ3) is 2.41. The zero-order valence-corrected chi connectivity index (χ0v) is 6.28. The van der Waals surface area contributed by atoms with Gasteiger partial charge < -0.3 is 4.74 Å². The molecule has 0 aliphatic heterocycles. The van der Waals surface area contributed by atoms with E-state index in [1.165, 1.54) is 4.68 Å². The first kappa shape index (κ1) is 7.78. The summed E-state index contributed by atoms with van der Waals surface area (Å²) >= 11 is 0. The summed E-state index contributed by atoms with van der Waals surface area (Å²) in [5, 5.41) is 3.73. The van der Waals surface area contributed by atoms with E-state index in [0.717, 1.165) is 0 Å². The predicted molar refractivity (Wildman–Crippen MR) is 37.7 cm³/mol. The van der Waals surface area contributed by atoms with Crippen LogP contribution in [-0.4, -0.2) is 22.4 Å². The molecule has 0 fully saturated rings. The number of carbonyl (C=O) groups is 1. The molecule has 0 atom stereocenters. The number of hydrogen-bond donors (Lipinski definition) is 0. The van der Waals surface area contributed by atoms with Gasteiger partial charge in [-0.1, -0.05) is 0 Å². The Kier molecular flexibility index (Phi) is 2.66. The van der Waals surface area contributed by atoms with Crippen LogP contribution < -0.4 is 0 Å². The van der Waals surface area contributed by atoms with E-state index in [9.17, 15) is 4.79 Å². The van der Waals surface area contributed by atoms with Gasteiger partial charge in [-0.15, -0.1) is 0 Å². The van der Waals surface area contributed by atoms with Crippen LogP contribution in [0.5, 0.6) is 0 Å². The summed E-state index contributed by atoms with van der Waals surface area (Å²) in [7, 11) is 0. The van der Waals surface area contributed by atoms with E-state index in [4.69, 9.17) is 4.74 Å². The average Bonchev–Trinajstić information content (AvgIpc) is 2.40. The van der Waals surface area contributed by atoms with Gasteiger partial charge in [0.15, 0.2) is 0 Å². The van der Waals surface area contributed by atoms with Crippen molar-refractivity contribution in [3.8, 4) is 0 Å². The molecule has 4 nitrogen and oxygen atoms in total. The van der Waals surface area contributed by atoms with Crippen LogP contribution in [-0.2, 0) is 16.1 Å². The van der Waals surface area contributed by atoms with Crippen LogP contribution in [0.4, 0.5) is 0 Å². The minimum atomic E-state index is -0.274. The van der Waals surface area contributed by atoms with Gasteiger partial charge in [0.2, 0.25) is 0 Å². The highest BCUT2D eigenvalue weighted by atomic mass is 16.5. The lowest BCUT2D eigenvalue weighted by Gasteiger charge is -2.00. The number of carbonyl (C=O) groups excluding carboxylic acids is 1.